The molecule has 254 valence electrons. The van der Waals surface area contributed by atoms with Crippen LogP contribution in [0.1, 0.15) is 54.5 Å². The van der Waals surface area contributed by atoms with Gasteiger partial charge in [0.05, 0.1) is 30.6 Å². The normalized spacial score (nSPS) is 13.1. The lowest BCUT2D eigenvalue weighted by atomic mass is 9.94. The molecular weight excluding hydrogens is 644 g/mol. The summed E-state index contributed by atoms with van der Waals surface area (Å²) < 4.78 is 57.9. The quantitative estimate of drug-likeness (QED) is 0.145. The average Bonchev–Trinajstić information content (AvgIpc) is 3.38. The van der Waals surface area contributed by atoms with Crippen LogP contribution in [0.4, 0.5) is 8.78 Å². The van der Waals surface area contributed by atoms with Gasteiger partial charge in [0.15, 0.2) is 0 Å². The molecule has 48 heavy (non-hydrogen) atoms. The van der Waals surface area contributed by atoms with E-state index in [9.17, 15) is 37.0 Å². The molecule has 0 unspecified atom stereocenters. The summed E-state index contributed by atoms with van der Waals surface area (Å²) in [5.41, 5.74) is 3.17. The van der Waals surface area contributed by atoms with Crippen LogP contribution in [-0.2, 0) is 26.1 Å². The second-order valence-electron chi connectivity index (χ2n) is 11.4. The molecule has 1 aromatic heterocycles. The number of rotatable bonds is 13. The third-order valence-electron chi connectivity index (χ3n) is 7.57. The fourth-order valence-electron chi connectivity index (χ4n) is 5.32. The first kappa shape index (κ1) is 36.2. The van der Waals surface area contributed by atoms with Crippen molar-refractivity contribution in [2.24, 2.45) is 5.14 Å². The number of halogens is 2. The summed E-state index contributed by atoms with van der Waals surface area (Å²) in [7, 11) is -2.71. The fraction of sp³-hybridized carbons (Fsp3) is 0.257. The number of nitrogens with two attached hydrogens (primary N) is 1. The number of hydrogen-bond donors (Lipinski definition) is 4. The molecule has 4 rings (SSSR count). The number of amides is 1. The number of carbonyl (C=O) groups excluding carboxylic acids is 2. The fourth-order valence-corrected chi connectivity index (χ4v) is 5.83. The van der Waals surface area contributed by atoms with Crippen molar-refractivity contribution < 1.29 is 41.7 Å². The van der Waals surface area contributed by atoms with E-state index in [2.05, 4.69) is 10.1 Å². The highest BCUT2D eigenvalue weighted by molar-refractivity contribution is 7.89. The Balaban J connectivity index is 1.87. The van der Waals surface area contributed by atoms with E-state index in [4.69, 9.17) is 5.14 Å². The Morgan fingerprint density at radius 1 is 0.917 bits per heavy atom. The van der Waals surface area contributed by atoms with E-state index in [0.29, 0.717) is 33.5 Å². The largest absolute Gasteiger partial charge is 0.469 e. The van der Waals surface area contributed by atoms with Gasteiger partial charge < -0.3 is 24.8 Å². The van der Waals surface area contributed by atoms with E-state index in [-0.39, 0.29) is 36.0 Å². The lowest BCUT2D eigenvalue weighted by molar-refractivity contribution is -0.143. The second-order valence-corrected chi connectivity index (χ2v) is 13.0. The summed E-state index contributed by atoms with van der Waals surface area (Å²) in [6.45, 7) is 3.71. The van der Waals surface area contributed by atoms with Gasteiger partial charge in [0.1, 0.15) is 17.3 Å². The highest BCUT2D eigenvalue weighted by Crippen LogP contribution is 2.42. The Morgan fingerprint density at radius 2 is 1.46 bits per heavy atom. The van der Waals surface area contributed by atoms with Crippen molar-refractivity contribution in [3.8, 4) is 22.3 Å². The number of sulfonamides is 1. The van der Waals surface area contributed by atoms with Crippen LogP contribution in [0, 0.1) is 11.6 Å². The van der Waals surface area contributed by atoms with Gasteiger partial charge in [-0.05, 0) is 73.0 Å². The predicted molar refractivity (Wildman–Crippen MR) is 177 cm³/mol. The highest BCUT2D eigenvalue weighted by atomic mass is 32.2. The number of ether oxygens (including phenoxy) is 1. The summed E-state index contributed by atoms with van der Waals surface area (Å²) in [6.07, 6.45) is 0.139. The second kappa shape index (κ2) is 15.5. The summed E-state index contributed by atoms with van der Waals surface area (Å²) in [5, 5.41) is 29.1. The minimum Gasteiger partial charge on any atom is -0.469 e. The molecule has 0 aliphatic rings. The van der Waals surface area contributed by atoms with Gasteiger partial charge >= 0.3 is 5.97 Å². The first-order valence-corrected chi connectivity index (χ1v) is 16.5. The number of aromatic nitrogens is 1. The predicted octanol–water partition coefficient (Wildman–Crippen LogP) is 4.95. The van der Waals surface area contributed by atoms with Crippen LogP contribution in [0.3, 0.4) is 0 Å². The molecule has 0 radical (unpaired) electrons. The van der Waals surface area contributed by atoms with E-state index in [1.54, 1.807) is 22.8 Å². The molecule has 4 aromatic rings. The number of nitrogens with zero attached hydrogens (tertiary/aromatic N) is 1. The molecule has 0 bridgehead atoms. The van der Waals surface area contributed by atoms with Gasteiger partial charge in [0.2, 0.25) is 10.0 Å². The standard InChI is InChI=1S/C35H37F2N3O7S/c1-21(2)40-30(17-14-27(41)18-28(42)19-31(43)47-3)32(23-6-10-25(36)11-7-23)33(24-8-12-26(37)13-9-24)34(40)35(44)39-20-22-4-15-29(16-5-22)48(38,45)46/h4-17,21,27-28,41-42H,18-20H2,1-3H3,(H,39,44)(H2,38,45,46)/t27-,28+/m0/s1. The third kappa shape index (κ3) is 8.81. The maximum absolute atomic E-state index is 14.2. The van der Waals surface area contributed by atoms with E-state index in [1.165, 1.54) is 73.8 Å². The summed E-state index contributed by atoms with van der Waals surface area (Å²) in [4.78, 5) is 25.7. The van der Waals surface area contributed by atoms with Crippen molar-refractivity contribution in [3.05, 3.63) is 107 Å². The lowest BCUT2D eigenvalue weighted by Crippen LogP contribution is -2.27. The van der Waals surface area contributed by atoms with Gasteiger partial charge in [-0.2, -0.15) is 0 Å². The molecule has 2 atom stereocenters. The number of aliphatic hydroxyl groups is 2. The zero-order valence-electron chi connectivity index (χ0n) is 26.6. The van der Waals surface area contributed by atoms with Crippen LogP contribution in [0.2, 0.25) is 0 Å². The van der Waals surface area contributed by atoms with Gasteiger partial charge in [-0.25, -0.2) is 22.3 Å². The Kier molecular flexibility index (Phi) is 11.7. The van der Waals surface area contributed by atoms with E-state index >= 15 is 0 Å². The summed E-state index contributed by atoms with van der Waals surface area (Å²) in [6, 6.07) is 16.6. The van der Waals surface area contributed by atoms with E-state index < -0.39 is 45.7 Å². The number of nitrogens with one attached hydrogen (secondary N) is 1. The molecule has 0 aliphatic carbocycles. The Hall–Kier alpha value is -4.69. The molecule has 3 aromatic carbocycles. The van der Waals surface area contributed by atoms with Crippen LogP contribution in [0.15, 0.2) is 83.8 Å². The van der Waals surface area contributed by atoms with Crippen molar-refractivity contribution in [1.82, 2.24) is 9.88 Å². The van der Waals surface area contributed by atoms with Crippen molar-refractivity contribution in [3.63, 3.8) is 0 Å². The number of carbonyl (C=O) groups is 2. The molecule has 5 N–H and O–H groups in total. The SMILES string of the molecule is COC(=O)C[C@H](O)C[C@@H](O)C=Cc1c(-c2ccc(F)cc2)c(-c2ccc(F)cc2)c(C(=O)NCc2ccc(S(N)(=O)=O)cc2)n1C(C)C. The minimum absolute atomic E-state index is 0.0176. The monoisotopic (exact) mass is 681 g/mol. The first-order chi connectivity index (χ1) is 22.7. The van der Waals surface area contributed by atoms with Crippen LogP contribution < -0.4 is 10.5 Å². The zero-order chi connectivity index (χ0) is 35.2. The highest BCUT2D eigenvalue weighted by Gasteiger charge is 2.29. The molecule has 13 heteroatoms. The Morgan fingerprint density at radius 3 is 1.96 bits per heavy atom. The van der Waals surface area contributed by atoms with Crippen LogP contribution in [-0.4, -0.2) is 54.4 Å². The number of esters is 1. The molecule has 0 fully saturated rings. The Bertz CT molecular complexity index is 1890. The van der Waals surface area contributed by atoms with Gasteiger partial charge in [-0.15, -0.1) is 0 Å². The van der Waals surface area contributed by atoms with Crippen LogP contribution >= 0.6 is 0 Å². The first-order valence-electron chi connectivity index (χ1n) is 15.0. The third-order valence-corrected chi connectivity index (χ3v) is 8.49. The van der Waals surface area contributed by atoms with E-state index in [1.807, 2.05) is 13.8 Å². The number of aliphatic hydroxyl groups excluding tert-OH is 2. The molecule has 0 aliphatic heterocycles. The Labute approximate surface area is 277 Å². The molecular formula is C35H37F2N3O7S. The van der Waals surface area contributed by atoms with Crippen molar-refractivity contribution in [1.29, 1.82) is 0 Å². The number of hydrogen-bond acceptors (Lipinski definition) is 7. The number of primary sulfonamides is 1. The van der Waals surface area contributed by atoms with Crippen molar-refractivity contribution in [2.75, 3.05) is 7.11 Å². The minimum atomic E-state index is -3.90. The molecule has 0 saturated heterocycles. The van der Waals surface area contributed by atoms with Gasteiger partial charge in [0.25, 0.3) is 5.91 Å². The zero-order valence-corrected chi connectivity index (χ0v) is 27.4. The summed E-state index contributed by atoms with van der Waals surface area (Å²) in [5.74, 6) is -2.13. The maximum atomic E-state index is 14.2. The van der Waals surface area contributed by atoms with Crippen LogP contribution in [0.25, 0.3) is 28.3 Å². The lowest BCUT2D eigenvalue weighted by Gasteiger charge is -2.17. The van der Waals surface area contributed by atoms with Crippen molar-refractivity contribution in [2.45, 2.75) is 56.4 Å². The van der Waals surface area contributed by atoms with Gasteiger partial charge in [-0.3, -0.25) is 9.59 Å². The number of methoxy groups -OCH3 is 1. The van der Waals surface area contributed by atoms with Crippen molar-refractivity contribution >= 4 is 28.0 Å². The number of benzene rings is 3. The molecule has 10 nitrogen and oxygen atoms in total. The average molecular weight is 682 g/mol. The smallest absolute Gasteiger partial charge is 0.308 e. The van der Waals surface area contributed by atoms with Gasteiger partial charge in [-0.1, -0.05) is 42.5 Å². The molecule has 1 heterocycles. The molecule has 0 spiro atoms. The van der Waals surface area contributed by atoms with Gasteiger partial charge in [0, 0.05) is 35.8 Å². The van der Waals surface area contributed by atoms with E-state index in [0.717, 1.165) is 0 Å². The summed E-state index contributed by atoms with van der Waals surface area (Å²) >= 11 is 0. The van der Waals surface area contributed by atoms with Crippen LogP contribution in [0.5, 0.6) is 0 Å². The molecule has 1 amide bonds. The topological polar surface area (TPSA) is 161 Å². The molecule has 0 saturated carbocycles. The maximum Gasteiger partial charge on any atom is 0.308 e.